The van der Waals surface area contributed by atoms with Gasteiger partial charge in [0.1, 0.15) is 11.5 Å². The molecule has 2 aromatic rings. The van der Waals surface area contributed by atoms with E-state index in [0.717, 1.165) is 11.8 Å². The molecule has 2 amide bonds. The van der Waals surface area contributed by atoms with Crippen LogP contribution >= 0.6 is 27.7 Å². The number of halogens is 2. The molecule has 0 unspecified atom stereocenters. The van der Waals surface area contributed by atoms with Crippen LogP contribution in [0.2, 0.25) is 0 Å². The highest BCUT2D eigenvalue weighted by Crippen LogP contribution is 2.38. The van der Waals surface area contributed by atoms with E-state index in [-0.39, 0.29) is 23.4 Å². The van der Waals surface area contributed by atoms with E-state index in [9.17, 15) is 14.0 Å². The zero-order valence-corrected chi connectivity index (χ0v) is 18.2. The van der Waals surface area contributed by atoms with Crippen molar-refractivity contribution in [1.29, 1.82) is 0 Å². The summed E-state index contributed by atoms with van der Waals surface area (Å²) in [4.78, 5) is 27.9. The van der Waals surface area contributed by atoms with Gasteiger partial charge in [0, 0.05) is 0 Å². The van der Waals surface area contributed by atoms with Crippen LogP contribution in [0.4, 0.5) is 10.1 Å². The zero-order chi connectivity index (χ0) is 21.7. The molecule has 0 radical (unpaired) electrons. The minimum Gasteiger partial charge on any atom is -0.490 e. The molecule has 30 heavy (non-hydrogen) atoms. The molecule has 0 spiro atoms. The maximum atomic E-state index is 13.8. The Labute approximate surface area is 184 Å². The summed E-state index contributed by atoms with van der Waals surface area (Å²) in [5.74, 6) is -0.713. The lowest BCUT2D eigenvalue weighted by Crippen LogP contribution is -2.20. The van der Waals surface area contributed by atoms with Crippen molar-refractivity contribution in [2.24, 2.45) is 10.7 Å². The van der Waals surface area contributed by atoms with Crippen molar-refractivity contribution < 1.29 is 23.5 Å². The van der Waals surface area contributed by atoms with Crippen molar-refractivity contribution in [2.75, 3.05) is 13.2 Å². The fourth-order valence-corrected chi connectivity index (χ4v) is 3.91. The van der Waals surface area contributed by atoms with Gasteiger partial charge in [0.05, 0.1) is 16.0 Å². The molecule has 0 atom stereocenters. The lowest BCUT2D eigenvalue weighted by Gasteiger charge is -2.13. The summed E-state index contributed by atoms with van der Waals surface area (Å²) in [6.45, 7) is 1.88. The number of thioether (sulfide) groups is 1. The fourth-order valence-electron chi connectivity index (χ4n) is 2.50. The molecule has 1 aliphatic heterocycles. The van der Waals surface area contributed by atoms with Gasteiger partial charge in [-0.15, -0.1) is 0 Å². The van der Waals surface area contributed by atoms with Crippen LogP contribution in [0.15, 0.2) is 50.8 Å². The topological polar surface area (TPSA) is 103 Å². The van der Waals surface area contributed by atoms with E-state index in [0.29, 0.717) is 33.0 Å². The van der Waals surface area contributed by atoms with Crippen LogP contribution in [-0.4, -0.2) is 30.2 Å². The molecule has 3 N–H and O–H groups in total. The van der Waals surface area contributed by atoms with E-state index < -0.39 is 11.7 Å². The van der Waals surface area contributed by atoms with Crippen molar-refractivity contribution in [3.63, 3.8) is 0 Å². The molecule has 1 heterocycles. The highest BCUT2D eigenvalue weighted by Gasteiger charge is 2.24. The summed E-state index contributed by atoms with van der Waals surface area (Å²) in [5, 5.41) is 2.90. The first-order valence-corrected chi connectivity index (χ1v) is 10.4. The van der Waals surface area contributed by atoms with Crippen molar-refractivity contribution in [2.45, 2.75) is 6.92 Å². The van der Waals surface area contributed by atoms with E-state index in [2.05, 4.69) is 26.2 Å². The Bertz CT molecular complexity index is 1060. The Balaban J connectivity index is 1.88. The number of carbonyl (C=O) groups excluding carboxylic acids is 2. The van der Waals surface area contributed by atoms with Crippen molar-refractivity contribution in [3.8, 4) is 11.5 Å². The average Bonchev–Trinajstić information content (AvgIpc) is 3.02. The number of carbonyl (C=O) groups is 2. The quantitative estimate of drug-likeness (QED) is 0.571. The number of amides is 2. The Morgan fingerprint density at radius 3 is 2.80 bits per heavy atom. The molecular weight excluding hydrogens is 477 g/mol. The molecule has 2 aromatic carbocycles. The predicted molar refractivity (Wildman–Crippen MR) is 117 cm³/mol. The Morgan fingerprint density at radius 2 is 2.10 bits per heavy atom. The summed E-state index contributed by atoms with van der Waals surface area (Å²) in [7, 11) is 0. The predicted octanol–water partition coefficient (Wildman–Crippen LogP) is 3.74. The first-order valence-electron chi connectivity index (χ1n) is 8.79. The number of nitrogens with zero attached hydrogens (tertiary/aromatic N) is 1. The number of aliphatic imine (C=N–C) groups is 1. The van der Waals surface area contributed by atoms with Crippen LogP contribution in [0, 0.1) is 5.82 Å². The smallest absolute Gasteiger partial charge is 0.264 e. The van der Waals surface area contributed by atoms with Gasteiger partial charge in [-0.05, 0) is 70.5 Å². The maximum Gasteiger partial charge on any atom is 0.264 e. The summed E-state index contributed by atoms with van der Waals surface area (Å²) >= 11 is 4.48. The zero-order valence-electron chi connectivity index (χ0n) is 15.8. The van der Waals surface area contributed by atoms with Gasteiger partial charge in [0.15, 0.2) is 23.3 Å². The van der Waals surface area contributed by atoms with Crippen LogP contribution in [0.5, 0.6) is 11.5 Å². The Morgan fingerprint density at radius 1 is 1.33 bits per heavy atom. The summed E-state index contributed by atoms with van der Waals surface area (Å²) in [6, 6.07) is 9.44. The number of hydrogen-bond acceptors (Lipinski definition) is 6. The second-order valence-corrected chi connectivity index (χ2v) is 7.84. The average molecular weight is 494 g/mol. The molecule has 0 aromatic heterocycles. The van der Waals surface area contributed by atoms with Gasteiger partial charge in [0.25, 0.3) is 11.8 Å². The van der Waals surface area contributed by atoms with Crippen LogP contribution in [0.3, 0.4) is 0 Å². The molecule has 1 aliphatic rings. The van der Waals surface area contributed by atoms with Crippen LogP contribution in [-0.2, 0) is 9.59 Å². The SMILES string of the molecule is CCOc1cc(/C=C2\SC(=Nc3ccccc3F)NC2=O)cc(Br)c1OCC(N)=O. The van der Waals surface area contributed by atoms with E-state index in [4.69, 9.17) is 15.2 Å². The van der Waals surface area contributed by atoms with Crippen LogP contribution in [0.25, 0.3) is 6.08 Å². The number of amidine groups is 1. The summed E-state index contributed by atoms with van der Waals surface area (Å²) in [5.41, 5.74) is 5.93. The number of nitrogens with two attached hydrogens (primary N) is 1. The number of para-hydroxylation sites is 1. The second-order valence-electron chi connectivity index (χ2n) is 5.95. The van der Waals surface area contributed by atoms with Gasteiger partial charge in [-0.2, -0.15) is 0 Å². The number of ether oxygens (including phenoxy) is 2. The largest absolute Gasteiger partial charge is 0.490 e. The maximum absolute atomic E-state index is 13.8. The van der Waals surface area contributed by atoms with E-state index in [1.165, 1.54) is 12.1 Å². The third-order valence-electron chi connectivity index (χ3n) is 3.71. The van der Waals surface area contributed by atoms with Crippen molar-refractivity contribution >= 4 is 56.4 Å². The van der Waals surface area contributed by atoms with E-state index in [1.54, 1.807) is 30.3 Å². The first-order chi connectivity index (χ1) is 14.4. The fraction of sp³-hybridized carbons (Fsp3) is 0.150. The van der Waals surface area contributed by atoms with Gasteiger partial charge < -0.3 is 20.5 Å². The van der Waals surface area contributed by atoms with Crippen LogP contribution in [0.1, 0.15) is 12.5 Å². The normalized spacial score (nSPS) is 16.0. The third kappa shape index (κ3) is 5.39. The Kier molecular flexibility index (Phi) is 7.11. The Hall–Kier alpha value is -2.85. The van der Waals surface area contributed by atoms with E-state index in [1.807, 2.05) is 6.92 Å². The highest BCUT2D eigenvalue weighted by atomic mass is 79.9. The second kappa shape index (κ2) is 9.77. The first kappa shape index (κ1) is 21.8. The molecule has 1 saturated heterocycles. The summed E-state index contributed by atoms with van der Waals surface area (Å²) < 4.78 is 25.3. The monoisotopic (exact) mass is 493 g/mol. The van der Waals surface area contributed by atoms with Gasteiger partial charge in [0.2, 0.25) is 0 Å². The molecular formula is C20H17BrFN3O4S. The van der Waals surface area contributed by atoms with Crippen molar-refractivity contribution in [3.05, 3.63) is 57.2 Å². The van der Waals surface area contributed by atoms with Gasteiger partial charge in [-0.25, -0.2) is 9.38 Å². The number of nitrogens with one attached hydrogen (secondary N) is 1. The molecule has 0 saturated carbocycles. The number of hydrogen-bond donors (Lipinski definition) is 2. The van der Waals surface area contributed by atoms with Gasteiger partial charge in [-0.1, -0.05) is 12.1 Å². The lowest BCUT2D eigenvalue weighted by atomic mass is 10.2. The standard InChI is InChI=1S/C20H17BrFN3O4S/c1-2-28-15-8-11(7-12(21)18(15)29-10-17(23)26)9-16-19(27)25-20(30-16)24-14-6-4-3-5-13(14)22/h3-9H,2,10H2,1H3,(H2,23,26)(H,24,25,27)/b16-9-. The minimum absolute atomic E-state index is 0.138. The molecule has 1 fully saturated rings. The van der Waals surface area contributed by atoms with E-state index >= 15 is 0 Å². The number of rotatable bonds is 7. The summed E-state index contributed by atoms with van der Waals surface area (Å²) in [6.07, 6.45) is 1.65. The lowest BCUT2D eigenvalue weighted by molar-refractivity contribution is -0.120. The number of benzene rings is 2. The molecule has 156 valence electrons. The minimum atomic E-state index is -0.615. The number of primary amides is 1. The molecule has 7 nitrogen and oxygen atoms in total. The van der Waals surface area contributed by atoms with Gasteiger partial charge in [-0.3, -0.25) is 9.59 Å². The van der Waals surface area contributed by atoms with Crippen molar-refractivity contribution in [1.82, 2.24) is 5.32 Å². The van der Waals surface area contributed by atoms with Crippen LogP contribution < -0.4 is 20.5 Å². The highest BCUT2D eigenvalue weighted by molar-refractivity contribution is 9.10. The molecule has 3 rings (SSSR count). The third-order valence-corrected chi connectivity index (χ3v) is 5.21. The molecule has 0 bridgehead atoms. The molecule has 0 aliphatic carbocycles. The van der Waals surface area contributed by atoms with Gasteiger partial charge >= 0.3 is 0 Å². The molecule has 10 heteroatoms.